The molecule has 1 aliphatic rings. The summed E-state index contributed by atoms with van der Waals surface area (Å²) in [5, 5.41) is 15.9. The summed E-state index contributed by atoms with van der Waals surface area (Å²) in [5.41, 5.74) is 6.52. The lowest BCUT2D eigenvalue weighted by Gasteiger charge is -2.16. The molecule has 4 rings (SSSR count). The van der Waals surface area contributed by atoms with Gasteiger partial charge in [0.1, 0.15) is 0 Å². The Balaban J connectivity index is 1.71. The molecule has 6 nitrogen and oxygen atoms in total. The van der Waals surface area contributed by atoms with Gasteiger partial charge in [-0.2, -0.15) is 0 Å². The Morgan fingerprint density at radius 1 is 0.971 bits per heavy atom. The first-order valence-corrected chi connectivity index (χ1v) is 11.9. The third kappa shape index (κ3) is 6.10. The summed E-state index contributed by atoms with van der Waals surface area (Å²) in [7, 11) is 4.11. The van der Waals surface area contributed by atoms with Gasteiger partial charge in [0.2, 0.25) is 0 Å². The highest BCUT2D eigenvalue weighted by Crippen LogP contribution is 2.38. The second kappa shape index (κ2) is 10.8. The Hall–Kier alpha value is -3.61. The number of carbonyl (C=O) groups excluding carboxylic acids is 1. The van der Waals surface area contributed by atoms with Gasteiger partial charge < -0.3 is 20.6 Å². The van der Waals surface area contributed by atoms with Gasteiger partial charge in [-0.25, -0.2) is 0 Å². The van der Waals surface area contributed by atoms with Crippen LogP contribution in [-0.2, 0) is 22.4 Å². The van der Waals surface area contributed by atoms with Gasteiger partial charge in [0.25, 0.3) is 5.91 Å². The molecular weight excluding hydrogens is 462 g/mol. The van der Waals surface area contributed by atoms with Crippen molar-refractivity contribution in [1.29, 1.82) is 0 Å². The Labute approximate surface area is 210 Å². The van der Waals surface area contributed by atoms with E-state index in [1.54, 1.807) is 12.1 Å². The van der Waals surface area contributed by atoms with Crippen LogP contribution in [-0.4, -0.2) is 42.5 Å². The number of carboxylic acid groups (broad SMARTS) is 1. The number of rotatable bonds is 9. The van der Waals surface area contributed by atoms with Crippen molar-refractivity contribution in [2.24, 2.45) is 0 Å². The van der Waals surface area contributed by atoms with Crippen LogP contribution in [0.3, 0.4) is 0 Å². The maximum atomic E-state index is 13.1. The molecule has 0 fully saturated rings. The largest absolute Gasteiger partial charge is 0.481 e. The molecule has 0 aliphatic carbocycles. The normalized spacial score (nSPS) is 14.0. The molecule has 1 aliphatic heterocycles. The minimum atomic E-state index is -0.828. The van der Waals surface area contributed by atoms with E-state index in [1.807, 2.05) is 42.5 Å². The lowest BCUT2D eigenvalue weighted by atomic mass is 9.98. The van der Waals surface area contributed by atoms with Crippen molar-refractivity contribution >= 4 is 46.1 Å². The smallest absolute Gasteiger partial charge is 0.303 e. The quantitative estimate of drug-likeness (QED) is 0.351. The first-order valence-electron chi connectivity index (χ1n) is 11.5. The summed E-state index contributed by atoms with van der Waals surface area (Å²) in [6.07, 6.45) is 1.48. The van der Waals surface area contributed by atoms with Crippen LogP contribution in [0.2, 0.25) is 5.02 Å². The van der Waals surface area contributed by atoms with Crippen molar-refractivity contribution in [2.75, 3.05) is 31.3 Å². The second-order valence-electron chi connectivity index (χ2n) is 8.86. The molecule has 1 amide bonds. The van der Waals surface area contributed by atoms with E-state index in [-0.39, 0.29) is 12.3 Å². The van der Waals surface area contributed by atoms with Gasteiger partial charge in [-0.1, -0.05) is 54.1 Å². The first kappa shape index (κ1) is 24.5. The Morgan fingerprint density at radius 3 is 2.29 bits per heavy atom. The number of hydrogen-bond donors (Lipinski definition) is 3. The van der Waals surface area contributed by atoms with Crippen LogP contribution in [0.1, 0.15) is 28.7 Å². The van der Waals surface area contributed by atoms with Crippen LogP contribution in [0, 0.1) is 0 Å². The summed E-state index contributed by atoms with van der Waals surface area (Å²) in [6.45, 7) is 0.968. The van der Waals surface area contributed by atoms with E-state index in [1.165, 1.54) is 5.56 Å². The number of nitrogens with one attached hydrogen (secondary N) is 2. The summed E-state index contributed by atoms with van der Waals surface area (Å²) in [5.74, 6) is -1.03. The number of benzene rings is 3. The van der Waals surface area contributed by atoms with Crippen LogP contribution in [0.4, 0.5) is 11.4 Å². The second-order valence-corrected chi connectivity index (χ2v) is 9.30. The molecule has 1 heterocycles. The lowest BCUT2D eigenvalue weighted by Crippen LogP contribution is -2.15. The molecule has 0 saturated heterocycles. The van der Waals surface area contributed by atoms with E-state index in [4.69, 9.17) is 16.7 Å². The van der Waals surface area contributed by atoms with Gasteiger partial charge in [0.05, 0.1) is 17.0 Å². The summed E-state index contributed by atoms with van der Waals surface area (Å²) in [6, 6.07) is 21.2. The Kier molecular flexibility index (Phi) is 7.54. The highest BCUT2D eigenvalue weighted by atomic mass is 35.5. The van der Waals surface area contributed by atoms with Gasteiger partial charge in [-0.05, 0) is 67.9 Å². The number of fused-ring (bicyclic) bond motifs is 1. The summed E-state index contributed by atoms with van der Waals surface area (Å²) >= 11 is 6.15. The molecule has 0 spiro atoms. The fourth-order valence-corrected chi connectivity index (χ4v) is 4.19. The van der Waals surface area contributed by atoms with E-state index < -0.39 is 5.97 Å². The molecule has 3 aromatic carbocycles. The highest BCUT2D eigenvalue weighted by molar-refractivity contribution is 6.38. The van der Waals surface area contributed by atoms with Crippen molar-refractivity contribution in [3.63, 3.8) is 0 Å². The van der Waals surface area contributed by atoms with Gasteiger partial charge in [0, 0.05) is 29.2 Å². The van der Waals surface area contributed by atoms with Crippen molar-refractivity contribution < 1.29 is 14.7 Å². The topological polar surface area (TPSA) is 81.7 Å². The lowest BCUT2D eigenvalue weighted by molar-refractivity contribution is -0.137. The SMILES string of the molecule is CN(C)CCc1ccc(N/C(=C2\C(=O)Nc3cc(Cl)ccc32)c2ccc(CCC(=O)O)cc2)cc1. The predicted molar refractivity (Wildman–Crippen MR) is 142 cm³/mol. The van der Waals surface area contributed by atoms with Crippen LogP contribution in [0.25, 0.3) is 11.3 Å². The van der Waals surface area contributed by atoms with E-state index in [0.29, 0.717) is 28.4 Å². The molecule has 0 unspecified atom stereocenters. The van der Waals surface area contributed by atoms with Crippen molar-refractivity contribution in [1.82, 2.24) is 4.90 Å². The number of amides is 1. The predicted octanol–water partition coefficient (Wildman–Crippen LogP) is 5.39. The number of likely N-dealkylation sites (N-methyl/N-ethyl adjacent to an activating group) is 1. The molecule has 0 aromatic heterocycles. The zero-order chi connectivity index (χ0) is 24.9. The maximum Gasteiger partial charge on any atom is 0.303 e. The average molecular weight is 490 g/mol. The third-order valence-corrected chi connectivity index (χ3v) is 6.15. The minimum Gasteiger partial charge on any atom is -0.481 e. The van der Waals surface area contributed by atoms with Crippen LogP contribution < -0.4 is 10.6 Å². The van der Waals surface area contributed by atoms with Gasteiger partial charge >= 0.3 is 5.97 Å². The van der Waals surface area contributed by atoms with Gasteiger partial charge in [0.15, 0.2) is 0 Å². The zero-order valence-electron chi connectivity index (χ0n) is 19.8. The number of carbonyl (C=O) groups is 2. The molecular formula is C28H28ClN3O3. The molecule has 0 atom stereocenters. The molecule has 180 valence electrons. The number of nitrogens with zero attached hydrogens (tertiary/aromatic N) is 1. The Morgan fingerprint density at radius 2 is 1.63 bits per heavy atom. The highest BCUT2D eigenvalue weighted by Gasteiger charge is 2.28. The van der Waals surface area contributed by atoms with E-state index >= 15 is 0 Å². The molecule has 0 saturated carbocycles. The summed E-state index contributed by atoms with van der Waals surface area (Å²) < 4.78 is 0. The standard InChI is InChI=1S/C28H28ClN3O3/c1-32(2)16-15-19-5-11-22(12-6-19)30-27(20-8-3-18(4-9-20)7-14-25(33)34)26-23-13-10-21(29)17-24(23)31-28(26)35/h3-6,8-13,17,30H,7,14-16H2,1-2H3,(H,31,35)(H,33,34)/b27-26-. The van der Waals surface area contributed by atoms with Crippen LogP contribution in [0.15, 0.2) is 66.7 Å². The molecule has 0 bridgehead atoms. The number of aliphatic carboxylic acids is 1. The number of halogens is 1. The van der Waals surface area contributed by atoms with Crippen LogP contribution >= 0.6 is 11.6 Å². The van der Waals surface area contributed by atoms with Crippen molar-refractivity contribution in [2.45, 2.75) is 19.3 Å². The molecule has 3 aromatic rings. The third-order valence-electron chi connectivity index (χ3n) is 5.92. The Bertz CT molecular complexity index is 1270. The van der Waals surface area contributed by atoms with Crippen LogP contribution in [0.5, 0.6) is 0 Å². The summed E-state index contributed by atoms with van der Waals surface area (Å²) in [4.78, 5) is 26.1. The molecule has 0 radical (unpaired) electrons. The average Bonchev–Trinajstić information content (AvgIpc) is 3.15. The first-order chi connectivity index (χ1) is 16.8. The number of anilines is 2. The fraction of sp³-hybridized carbons (Fsp3) is 0.214. The number of carboxylic acids is 1. The zero-order valence-corrected chi connectivity index (χ0v) is 20.5. The van der Waals surface area contributed by atoms with Gasteiger partial charge in [-0.3, -0.25) is 9.59 Å². The van der Waals surface area contributed by atoms with Gasteiger partial charge in [-0.15, -0.1) is 0 Å². The molecule has 3 N–H and O–H groups in total. The fourth-order valence-electron chi connectivity index (χ4n) is 4.01. The van der Waals surface area contributed by atoms with Crippen molar-refractivity contribution in [3.05, 3.63) is 94.0 Å². The molecule has 7 heteroatoms. The molecule has 35 heavy (non-hydrogen) atoms. The number of hydrogen-bond acceptors (Lipinski definition) is 4. The van der Waals surface area contributed by atoms with E-state index in [0.717, 1.165) is 35.3 Å². The minimum absolute atomic E-state index is 0.0717. The number of aryl methyl sites for hydroxylation is 1. The van der Waals surface area contributed by atoms with Crippen molar-refractivity contribution in [3.8, 4) is 0 Å². The van der Waals surface area contributed by atoms with E-state index in [9.17, 15) is 9.59 Å². The van der Waals surface area contributed by atoms with E-state index in [2.05, 4.69) is 41.8 Å². The monoisotopic (exact) mass is 489 g/mol. The maximum absolute atomic E-state index is 13.1.